The fourth-order valence-electron chi connectivity index (χ4n) is 4.39. The van der Waals surface area contributed by atoms with Crippen LogP contribution in [0.2, 0.25) is 0 Å². The summed E-state index contributed by atoms with van der Waals surface area (Å²) in [5.41, 5.74) is 5.69. The summed E-state index contributed by atoms with van der Waals surface area (Å²) >= 11 is 3.53. The Balaban J connectivity index is 2.13. The molecule has 140 valence electrons. The van der Waals surface area contributed by atoms with Gasteiger partial charge in [-0.05, 0) is 71.7 Å². The van der Waals surface area contributed by atoms with E-state index in [9.17, 15) is 0 Å². The fraction of sp³-hybridized carbons (Fsp3) is 0.250. The summed E-state index contributed by atoms with van der Waals surface area (Å²) in [6.07, 6.45) is 1.83. The van der Waals surface area contributed by atoms with Crippen LogP contribution in [0.3, 0.4) is 0 Å². The van der Waals surface area contributed by atoms with E-state index in [0.717, 1.165) is 26.7 Å². The third-order valence-corrected chi connectivity index (χ3v) is 5.99. The van der Waals surface area contributed by atoms with Gasteiger partial charge in [-0.3, -0.25) is 0 Å². The molecule has 1 aromatic carbocycles. The third-order valence-electron chi connectivity index (χ3n) is 5.37. The van der Waals surface area contributed by atoms with Crippen LogP contribution in [0.5, 0.6) is 5.75 Å². The first-order chi connectivity index (χ1) is 12.7. The van der Waals surface area contributed by atoms with Gasteiger partial charge in [-0.15, -0.1) is 0 Å². The molecule has 0 amide bonds. The summed E-state index contributed by atoms with van der Waals surface area (Å²) in [5, 5.41) is 0. The second-order valence-electron chi connectivity index (χ2n) is 7.19. The number of fused-ring (bicyclic) bond motifs is 2. The normalized spacial score (nSPS) is 17.9. The number of rotatable bonds is 2. The van der Waals surface area contributed by atoms with Gasteiger partial charge < -0.3 is 22.3 Å². The van der Waals surface area contributed by atoms with E-state index < -0.39 is 6.97 Å². The topological polar surface area (TPSA) is 17.2 Å². The lowest BCUT2D eigenvalue weighted by molar-refractivity contribution is -0.363. The summed E-state index contributed by atoms with van der Waals surface area (Å²) < 4.78 is 39.7. The maximum atomic E-state index is 15.6. The number of aryl methyl sites for hydroxylation is 2. The van der Waals surface area contributed by atoms with Gasteiger partial charge in [-0.1, -0.05) is 6.07 Å². The molecule has 1 aromatic heterocycles. The molecule has 0 saturated carbocycles. The number of allylic oxidation sites excluding steroid dienone is 2. The van der Waals surface area contributed by atoms with Gasteiger partial charge in [0.2, 0.25) is 0 Å². The number of halogens is 3. The molecule has 0 N–H and O–H groups in total. The number of aromatic nitrogens is 1. The number of hydrogen-bond donors (Lipinski definition) is 0. The molecule has 0 fully saturated rings. The monoisotopic (exact) mass is 432 g/mol. The predicted octanol–water partition coefficient (Wildman–Crippen LogP) is 5.31. The van der Waals surface area contributed by atoms with Gasteiger partial charge in [-0.2, -0.15) is 0 Å². The van der Waals surface area contributed by atoms with Crippen LogP contribution >= 0.6 is 15.9 Å². The molecule has 0 unspecified atom stereocenters. The molecule has 0 spiro atoms. The van der Waals surface area contributed by atoms with E-state index in [-0.39, 0.29) is 0 Å². The Kier molecular flexibility index (Phi) is 4.00. The minimum absolute atomic E-state index is 0.564. The van der Waals surface area contributed by atoms with Crippen molar-refractivity contribution in [3.8, 4) is 5.75 Å². The van der Waals surface area contributed by atoms with Crippen LogP contribution in [0.25, 0.3) is 5.57 Å². The van der Waals surface area contributed by atoms with Gasteiger partial charge in [0.25, 0.3) is 0 Å². The van der Waals surface area contributed by atoms with E-state index in [4.69, 9.17) is 4.74 Å². The van der Waals surface area contributed by atoms with Crippen LogP contribution in [-0.4, -0.2) is 28.8 Å². The quantitative estimate of drug-likeness (QED) is 0.588. The summed E-state index contributed by atoms with van der Waals surface area (Å²) in [6, 6.07) is 7.55. The van der Waals surface area contributed by atoms with Crippen molar-refractivity contribution in [3.63, 3.8) is 0 Å². The number of benzene rings is 1. The smallest absolute Gasteiger partial charge is 0.496 e. The van der Waals surface area contributed by atoms with Crippen molar-refractivity contribution < 1.29 is 17.9 Å². The second kappa shape index (κ2) is 5.93. The number of methoxy groups -OCH3 is 1. The lowest BCUT2D eigenvalue weighted by Gasteiger charge is -2.34. The molecule has 0 radical (unpaired) electrons. The Morgan fingerprint density at radius 1 is 1.11 bits per heavy atom. The average Bonchev–Trinajstić information content (AvgIpc) is 3.05. The fourth-order valence-corrected chi connectivity index (χ4v) is 4.93. The van der Waals surface area contributed by atoms with E-state index in [1.54, 1.807) is 21.0 Å². The molecule has 4 rings (SSSR count). The number of hydrogen-bond acceptors (Lipinski definition) is 1. The van der Waals surface area contributed by atoms with Crippen molar-refractivity contribution in [2.24, 2.45) is 0 Å². The zero-order valence-electron chi connectivity index (χ0n) is 15.9. The standard InChI is InChI=1S/C20H20BBrF2N2O/c1-11-8-13(3)25-19(11)18(15-6-7-17(27-5)16(22)10-15)20-12(2)9-14(4)26(20)21(25,23)24/h6-10H,1-5H3. The largest absolute Gasteiger partial charge is 0.737 e. The molecular formula is C20H20BBrF2N2O. The Morgan fingerprint density at radius 2 is 1.81 bits per heavy atom. The molecule has 3 heterocycles. The van der Waals surface area contributed by atoms with Crippen molar-refractivity contribution in [1.82, 2.24) is 4.48 Å². The highest BCUT2D eigenvalue weighted by Crippen LogP contribution is 2.45. The molecule has 0 atom stereocenters. The van der Waals surface area contributed by atoms with Crippen LogP contribution in [0.4, 0.5) is 8.63 Å². The Morgan fingerprint density at radius 3 is 2.44 bits per heavy atom. The summed E-state index contributed by atoms with van der Waals surface area (Å²) in [4.78, 5) is 0. The van der Waals surface area contributed by atoms with Gasteiger partial charge in [0.15, 0.2) is 5.70 Å². The molecule has 0 aliphatic carbocycles. The summed E-state index contributed by atoms with van der Waals surface area (Å²) in [6.45, 7) is 3.32. The second-order valence-corrected chi connectivity index (χ2v) is 8.04. The van der Waals surface area contributed by atoms with Gasteiger partial charge in [-0.25, -0.2) is 0 Å². The van der Waals surface area contributed by atoms with Crippen molar-refractivity contribution in [3.05, 3.63) is 68.6 Å². The first kappa shape index (κ1) is 18.2. The maximum Gasteiger partial charge on any atom is 0.737 e. The van der Waals surface area contributed by atoms with Crippen molar-refractivity contribution in [2.45, 2.75) is 27.7 Å². The maximum absolute atomic E-state index is 15.6. The van der Waals surface area contributed by atoms with Crippen molar-refractivity contribution in [1.29, 1.82) is 0 Å². The Hall–Kier alpha value is -2.15. The number of nitrogens with zero attached hydrogens (tertiary/aromatic N) is 2. The molecule has 0 saturated heterocycles. The highest BCUT2D eigenvalue weighted by molar-refractivity contribution is 9.10. The minimum atomic E-state index is -3.95. The van der Waals surface area contributed by atoms with Gasteiger partial charge in [0.05, 0.1) is 17.2 Å². The Labute approximate surface area is 165 Å². The van der Waals surface area contributed by atoms with E-state index in [1.807, 2.05) is 44.2 Å². The van der Waals surface area contributed by atoms with Crippen LogP contribution in [0, 0.1) is 13.8 Å². The SMILES string of the molecule is COc1ccc(C2=C3C(C)=CC(C)=[N+]3[B-](F)(F)n3c(C)cc(C)c32)cc1Br. The van der Waals surface area contributed by atoms with E-state index in [2.05, 4.69) is 15.9 Å². The average molecular weight is 433 g/mol. The van der Waals surface area contributed by atoms with E-state index >= 15 is 8.63 Å². The summed E-state index contributed by atoms with van der Waals surface area (Å²) in [5.74, 6) is 0.705. The molecular weight excluding hydrogens is 413 g/mol. The highest BCUT2D eigenvalue weighted by atomic mass is 79.9. The third kappa shape index (κ3) is 2.40. The van der Waals surface area contributed by atoms with Crippen molar-refractivity contribution in [2.75, 3.05) is 7.11 Å². The van der Waals surface area contributed by atoms with Crippen molar-refractivity contribution >= 4 is 34.2 Å². The molecule has 27 heavy (non-hydrogen) atoms. The molecule has 3 nitrogen and oxygen atoms in total. The minimum Gasteiger partial charge on any atom is -0.496 e. The molecule has 7 heteroatoms. The van der Waals surface area contributed by atoms with Crippen LogP contribution < -0.4 is 4.74 Å². The lowest BCUT2D eigenvalue weighted by atomic mass is 9.84. The van der Waals surface area contributed by atoms with Crippen LogP contribution in [0.1, 0.15) is 36.4 Å². The van der Waals surface area contributed by atoms with Crippen LogP contribution in [0.15, 0.2) is 46.1 Å². The summed E-state index contributed by atoms with van der Waals surface area (Å²) in [7, 11) is 1.61. The molecule has 2 aromatic rings. The molecule has 2 aliphatic heterocycles. The Bertz CT molecular complexity index is 1100. The lowest BCUT2D eigenvalue weighted by Crippen LogP contribution is -2.51. The van der Waals surface area contributed by atoms with E-state index in [0.29, 0.717) is 28.5 Å². The van der Waals surface area contributed by atoms with Gasteiger partial charge in [0.1, 0.15) is 11.5 Å². The zero-order valence-corrected chi connectivity index (χ0v) is 17.5. The predicted molar refractivity (Wildman–Crippen MR) is 109 cm³/mol. The van der Waals surface area contributed by atoms with Gasteiger partial charge >= 0.3 is 6.97 Å². The first-order valence-electron chi connectivity index (χ1n) is 8.79. The first-order valence-corrected chi connectivity index (χ1v) is 9.58. The highest BCUT2D eigenvalue weighted by Gasteiger charge is 2.55. The van der Waals surface area contributed by atoms with Gasteiger partial charge in [0, 0.05) is 24.3 Å². The van der Waals surface area contributed by atoms with Crippen LogP contribution in [-0.2, 0) is 0 Å². The zero-order chi connectivity index (χ0) is 19.7. The number of ether oxygens (including phenoxy) is 1. The molecule has 0 bridgehead atoms. The molecule has 2 aliphatic rings. The van der Waals surface area contributed by atoms with E-state index in [1.165, 1.54) is 8.96 Å².